The van der Waals surface area contributed by atoms with Crippen LogP contribution in [0.1, 0.15) is 98.4 Å². The average Bonchev–Trinajstić information content (AvgIpc) is 3.54. The van der Waals surface area contributed by atoms with Crippen LogP contribution in [-0.2, 0) is 42.7 Å². The average molecular weight is 784 g/mol. The number of aliphatic hydroxyl groups is 2. The van der Waals surface area contributed by atoms with Crippen molar-refractivity contribution in [1.82, 2.24) is 5.32 Å². The van der Waals surface area contributed by atoms with Gasteiger partial charge in [-0.1, -0.05) is 52.5 Å². The number of rotatable bonds is 9. The van der Waals surface area contributed by atoms with Crippen LogP contribution >= 0.6 is 0 Å². The first-order valence-corrected chi connectivity index (χ1v) is 19.5. The van der Waals surface area contributed by atoms with E-state index in [1.807, 2.05) is 20.8 Å². The van der Waals surface area contributed by atoms with E-state index in [9.17, 15) is 29.4 Å². The van der Waals surface area contributed by atoms with E-state index in [2.05, 4.69) is 11.9 Å². The topological polar surface area (TPSA) is 185 Å². The number of nitrogens with one attached hydrogen (secondary N) is 1. The molecule has 0 unspecified atom stereocenters. The number of hydrogen-bond acceptors (Lipinski definition) is 13. The van der Waals surface area contributed by atoms with Crippen molar-refractivity contribution in [3.05, 3.63) is 59.7 Å². The van der Waals surface area contributed by atoms with Crippen molar-refractivity contribution in [3.63, 3.8) is 0 Å². The molecule has 0 spiro atoms. The Kier molecular flexibility index (Phi) is 11.1. The molecule has 2 saturated carbocycles. The molecule has 3 aliphatic carbocycles. The van der Waals surface area contributed by atoms with Crippen LogP contribution in [0.3, 0.4) is 0 Å². The molecule has 14 heteroatoms. The van der Waals surface area contributed by atoms with E-state index in [1.165, 1.54) is 13.0 Å². The molecule has 5 aliphatic rings. The second kappa shape index (κ2) is 14.8. The Morgan fingerprint density at radius 1 is 1.09 bits per heavy atom. The smallest absolute Gasteiger partial charge is 0.407 e. The number of carbonyl (C=O) groups excluding carboxylic acids is 4. The third-order valence-corrected chi connectivity index (χ3v) is 12.7. The zero-order valence-electron chi connectivity index (χ0n) is 33.8. The van der Waals surface area contributed by atoms with Gasteiger partial charge in [0.1, 0.15) is 35.6 Å². The van der Waals surface area contributed by atoms with E-state index in [4.69, 9.17) is 33.2 Å². The molecule has 56 heavy (non-hydrogen) atoms. The standard InChI is InChI=1S/C42H57NO13/c1-11-25(43-37(48)56-38(5,6)7)30(45)36(47)51-26-20-42(49)34(54-35(46)24-16-14-13-15-17-24)32-40(10,19-18-27-41(32,21-50-27)55-23(4)44)33-31(52-28(12-2)53-33)29(22(26)3)39(42,8)9/h12-17,25-28,30-34,45,49H,2,11,18-21H2,1,3-10H3,(H,43,48)/t25-,26-,27+,28+,30+,31+,32-,33+,34-,40+,41-,42+/m0/s1. The lowest BCUT2D eigenvalue weighted by Gasteiger charge is -2.68. The molecule has 2 aliphatic heterocycles. The molecule has 14 nitrogen and oxygen atoms in total. The minimum atomic E-state index is -2.03. The molecule has 2 bridgehead atoms. The second-order valence-electron chi connectivity index (χ2n) is 17.7. The lowest BCUT2D eigenvalue weighted by Crippen LogP contribution is -2.79. The van der Waals surface area contributed by atoms with E-state index in [0.717, 1.165) is 0 Å². The molecule has 0 radical (unpaired) electrons. The van der Waals surface area contributed by atoms with Crippen LogP contribution in [-0.4, -0.2) is 107 Å². The van der Waals surface area contributed by atoms with Crippen molar-refractivity contribution < 1.29 is 62.5 Å². The van der Waals surface area contributed by atoms with Gasteiger partial charge < -0.3 is 48.7 Å². The zero-order valence-corrected chi connectivity index (χ0v) is 33.8. The van der Waals surface area contributed by atoms with E-state index in [0.29, 0.717) is 24.0 Å². The van der Waals surface area contributed by atoms with Crippen molar-refractivity contribution in [1.29, 1.82) is 0 Å². The quantitative estimate of drug-likeness (QED) is 0.178. The molecule has 0 aromatic heterocycles. The number of hydrogen-bond donors (Lipinski definition) is 3. The highest BCUT2D eigenvalue weighted by Gasteiger charge is 2.77. The predicted molar refractivity (Wildman–Crippen MR) is 200 cm³/mol. The highest BCUT2D eigenvalue weighted by Crippen LogP contribution is 2.66. The van der Waals surface area contributed by atoms with E-state index < -0.39 is 107 Å². The van der Waals surface area contributed by atoms with Crippen molar-refractivity contribution in [2.24, 2.45) is 16.7 Å². The lowest BCUT2D eigenvalue weighted by molar-refractivity contribution is -0.345. The van der Waals surface area contributed by atoms with Crippen LogP contribution in [0.2, 0.25) is 0 Å². The molecule has 1 aromatic carbocycles. The summed E-state index contributed by atoms with van der Waals surface area (Å²) < 4.78 is 43.7. The van der Waals surface area contributed by atoms with Crippen LogP contribution in [0.4, 0.5) is 4.79 Å². The van der Waals surface area contributed by atoms with Gasteiger partial charge >= 0.3 is 24.0 Å². The lowest BCUT2D eigenvalue weighted by atomic mass is 9.45. The maximum absolute atomic E-state index is 14.2. The molecule has 308 valence electrons. The molecular weight excluding hydrogens is 726 g/mol. The van der Waals surface area contributed by atoms with Gasteiger partial charge in [0.2, 0.25) is 0 Å². The molecule has 12 atom stereocenters. The Hall–Kier alpha value is -3.82. The Morgan fingerprint density at radius 3 is 2.34 bits per heavy atom. The minimum absolute atomic E-state index is 0.0219. The third-order valence-electron chi connectivity index (χ3n) is 12.7. The SMILES string of the molecule is C=C[C@@H]1O[C@@H]2C3=C(C)[C@@H](OC(=O)[C@H](O)[C@H](CC)NC(=O)OC(C)(C)C)C[C@@](O)([C@@H](OC(=O)c4ccccc4)[C@H]4[C@@](C)(CC[C@H]5OC[C@]54OC(C)=O)[C@@H]2O1)C3(C)C. The van der Waals surface area contributed by atoms with Crippen LogP contribution < -0.4 is 5.32 Å². The summed E-state index contributed by atoms with van der Waals surface area (Å²) in [6, 6.07) is 7.31. The number of amides is 1. The van der Waals surface area contributed by atoms with Gasteiger partial charge in [-0.3, -0.25) is 4.79 Å². The molecule has 6 rings (SSSR count). The van der Waals surface area contributed by atoms with Gasteiger partial charge in [-0.05, 0) is 76.3 Å². The van der Waals surface area contributed by atoms with Gasteiger partial charge in [0, 0.05) is 24.2 Å². The summed E-state index contributed by atoms with van der Waals surface area (Å²) in [5.41, 5.74) is -5.05. The highest BCUT2D eigenvalue weighted by molar-refractivity contribution is 5.89. The van der Waals surface area contributed by atoms with Gasteiger partial charge in [-0.2, -0.15) is 0 Å². The summed E-state index contributed by atoms with van der Waals surface area (Å²) in [6.07, 6.45) is -5.86. The van der Waals surface area contributed by atoms with Gasteiger partial charge in [0.25, 0.3) is 0 Å². The summed E-state index contributed by atoms with van der Waals surface area (Å²) in [7, 11) is 0. The number of fused-ring (bicyclic) bond motifs is 8. The maximum Gasteiger partial charge on any atom is 0.407 e. The number of alkyl carbamates (subject to hydrolysis) is 1. The van der Waals surface area contributed by atoms with E-state index >= 15 is 0 Å². The number of ether oxygens (including phenoxy) is 7. The second-order valence-corrected chi connectivity index (χ2v) is 17.7. The zero-order chi connectivity index (χ0) is 41.2. The van der Waals surface area contributed by atoms with Crippen molar-refractivity contribution in [2.45, 2.75) is 154 Å². The molecule has 2 heterocycles. The Bertz CT molecular complexity index is 1750. The first-order valence-electron chi connectivity index (χ1n) is 19.5. The van der Waals surface area contributed by atoms with Crippen LogP contribution in [0, 0.1) is 16.7 Å². The fourth-order valence-corrected chi connectivity index (χ4v) is 9.99. The highest BCUT2D eigenvalue weighted by atomic mass is 16.7. The Morgan fingerprint density at radius 2 is 1.77 bits per heavy atom. The van der Waals surface area contributed by atoms with Crippen molar-refractivity contribution in [3.8, 4) is 0 Å². The predicted octanol–water partition coefficient (Wildman–Crippen LogP) is 4.69. The first kappa shape index (κ1) is 41.8. The van der Waals surface area contributed by atoms with Gasteiger partial charge in [0.05, 0.1) is 30.2 Å². The molecule has 3 N–H and O–H groups in total. The van der Waals surface area contributed by atoms with E-state index in [1.54, 1.807) is 65.0 Å². The number of benzene rings is 1. The van der Waals surface area contributed by atoms with E-state index in [-0.39, 0.29) is 25.0 Å². The number of aliphatic hydroxyl groups excluding tert-OH is 1. The monoisotopic (exact) mass is 783 g/mol. The summed E-state index contributed by atoms with van der Waals surface area (Å²) in [5.74, 6) is -3.26. The maximum atomic E-state index is 14.2. The fraction of sp³-hybridized carbons (Fsp3) is 0.667. The Balaban J connectivity index is 1.50. The number of carbonyl (C=O) groups is 4. The number of esters is 3. The third kappa shape index (κ3) is 6.95. The van der Waals surface area contributed by atoms with Crippen molar-refractivity contribution >= 4 is 24.0 Å². The van der Waals surface area contributed by atoms with Crippen LogP contribution in [0.15, 0.2) is 54.1 Å². The summed E-state index contributed by atoms with van der Waals surface area (Å²) in [5, 5.41) is 27.5. The summed E-state index contributed by atoms with van der Waals surface area (Å²) >= 11 is 0. The van der Waals surface area contributed by atoms with Gasteiger partial charge in [-0.15, -0.1) is 0 Å². The van der Waals surface area contributed by atoms with Gasteiger partial charge in [0.15, 0.2) is 18.0 Å². The Labute approximate surface area is 328 Å². The first-order chi connectivity index (χ1) is 26.1. The normalized spacial score (nSPS) is 36.7. The molecule has 1 aromatic rings. The fourth-order valence-electron chi connectivity index (χ4n) is 9.99. The van der Waals surface area contributed by atoms with Gasteiger partial charge in [-0.25, -0.2) is 14.4 Å². The van der Waals surface area contributed by atoms with Crippen molar-refractivity contribution in [2.75, 3.05) is 6.61 Å². The molecule has 1 amide bonds. The minimum Gasteiger partial charge on any atom is -0.456 e. The largest absolute Gasteiger partial charge is 0.456 e. The van der Waals surface area contributed by atoms with Crippen LogP contribution in [0.5, 0.6) is 0 Å². The molecule has 4 fully saturated rings. The molecule has 2 saturated heterocycles. The van der Waals surface area contributed by atoms with Crippen LogP contribution in [0.25, 0.3) is 0 Å². The summed E-state index contributed by atoms with van der Waals surface area (Å²) in [4.78, 5) is 53.8. The molecular formula is C42H57NO13. The summed E-state index contributed by atoms with van der Waals surface area (Å²) in [6.45, 7) is 19.4.